The van der Waals surface area contributed by atoms with Crippen LogP contribution >= 0.6 is 11.3 Å². The first kappa shape index (κ1) is 13.7. The normalized spacial score (nSPS) is 18.6. The number of nitrogens with one attached hydrogen (secondary N) is 1. The summed E-state index contributed by atoms with van der Waals surface area (Å²) < 4.78 is 12.8. The molecule has 1 aliphatic rings. The highest BCUT2D eigenvalue weighted by molar-refractivity contribution is 7.20. The molecule has 0 spiro atoms. The van der Waals surface area contributed by atoms with E-state index < -0.39 is 0 Å². The van der Waals surface area contributed by atoms with Crippen LogP contribution in [-0.4, -0.2) is 47.1 Å². The monoisotopic (exact) mass is 316 g/mol. The first-order chi connectivity index (χ1) is 10.9. The quantitative estimate of drug-likeness (QED) is 0.800. The minimum atomic E-state index is 0.0878. The molecule has 0 bridgehead atoms. The number of anilines is 1. The number of rotatable bonds is 4. The van der Waals surface area contributed by atoms with Crippen molar-refractivity contribution in [2.24, 2.45) is 0 Å². The Bertz CT molecular complexity index is 718. The van der Waals surface area contributed by atoms with Crippen molar-refractivity contribution in [2.75, 3.05) is 31.7 Å². The van der Waals surface area contributed by atoms with Crippen molar-refractivity contribution in [3.63, 3.8) is 0 Å². The van der Waals surface area contributed by atoms with Crippen LogP contribution in [0, 0.1) is 0 Å². The topological polar surface area (TPSA) is 60.7 Å². The van der Waals surface area contributed by atoms with Crippen molar-refractivity contribution in [1.82, 2.24) is 14.6 Å². The first-order valence-electron chi connectivity index (χ1n) is 7.23. The summed E-state index contributed by atoms with van der Waals surface area (Å²) in [5.74, 6) is 0. The van der Waals surface area contributed by atoms with E-state index in [1.807, 2.05) is 41.0 Å². The van der Waals surface area contributed by atoms with Crippen molar-refractivity contribution in [3.8, 4) is 11.3 Å². The molecule has 114 valence electrons. The van der Waals surface area contributed by atoms with Gasteiger partial charge in [0.15, 0.2) is 0 Å². The van der Waals surface area contributed by atoms with Gasteiger partial charge < -0.3 is 14.8 Å². The van der Waals surface area contributed by atoms with Crippen LogP contribution in [0.2, 0.25) is 0 Å². The van der Waals surface area contributed by atoms with Crippen LogP contribution in [0.15, 0.2) is 36.5 Å². The summed E-state index contributed by atoms with van der Waals surface area (Å²) in [5, 5.41) is 8.64. The van der Waals surface area contributed by atoms with Gasteiger partial charge in [-0.3, -0.25) is 0 Å². The standard InChI is InChI=1S/C15H16N4O2S/c1-2-4-11(5-3-1)13-9-19-15(17-13)22-14(18-19)16-8-12-10-20-6-7-21-12/h1-5,9,12H,6-8,10H2,(H,16,18). The van der Waals surface area contributed by atoms with E-state index in [1.165, 1.54) is 11.3 Å². The van der Waals surface area contributed by atoms with Gasteiger partial charge in [-0.15, -0.1) is 5.10 Å². The zero-order chi connectivity index (χ0) is 14.8. The molecule has 0 aliphatic carbocycles. The maximum Gasteiger partial charge on any atom is 0.214 e. The summed E-state index contributed by atoms with van der Waals surface area (Å²) >= 11 is 1.53. The molecule has 0 radical (unpaired) electrons. The second-order valence-electron chi connectivity index (χ2n) is 5.08. The average Bonchev–Trinajstić information content (AvgIpc) is 3.13. The van der Waals surface area contributed by atoms with E-state index in [-0.39, 0.29) is 6.10 Å². The van der Waals surface area contributed by atoms with Crippen molar-refractivity contribution < 1.29 is 9.47 Å². The molecule has 0 amide bonds. The third-order valence-electron chi connectivity index (χ3n) is 3.48. The molecule has 1 saturated heterocycles. The molecule has 1 fully saturated rings. The molecule has 1 unspecified atom stereocenters. The average molecular weight is 316 g/mol. The minimum absolute atomic E-state index is 0.0878. The fraction of sp³-hybridized carbons (Fsp3) is 0.333. The third kappa shape index (κ3) is 2.83. The van der Waals surface area contributed by atoms with Gasteiger partial charge in [0.1, 0.15) is 0 Å². The highest BCUT2D eigenvalue weighted by atomic mass is 32.1. The number of hydrogen-bond donors (Lipinski definition) is 1. The Kier molecular flexibility index (Phi) is 3.75. The maximum absolute atomic E-state index is 5.60. The first-order valence-corrected chi connectivity index (χ1v) is 8.05. The Morgan fingerprint density at radius 3 is 2.95 bits per heavy atom. The molecule has 22 heavy (non-hydrogen) atoms. The molecule has 0 saturated carbocycles. The van der Waals surface area contributed by atoms with E-state index in [1.54, 1.807) is 0 Å². The number of hydrogen-bond acceptors (Lipinski definition) is 6. The van der Waals surface area contributed by atoms with E-state index in [4.69, 9.17) is 9.47 Å². The molecule has 3 aromatic rings. The molecule has 6 nitrogen and oxygen atoms in total. The van der Waals surface area contributed by atoms with E-state index in [0.29, 0.717) is 26.4 Å². The lowest BCUT2D eigenvalue weighted by Crippen LogP contribution is -2.34. The highest BCUT2D eigenvalue weighted by Crippen LogP contribution is 2.24. The largest absolute Gasteiger partial charge is 0.376 e. The zero-order valence-corrected chi connectivity index (χ0v) is 12.8. The number of ether oxygens (including phenoxy) is 2. The predicted octanol–water partition coefficient (Wildman–Crippen LogP) is 2.29. The third-order valence-corrected chi connectivity index (χ3v) is 4.36. The molecule has 4 rings (SSSR count). The van der Waals surface area contributed by atoms with E-state index >= 15 is 0 Å². The molecule has 1 aromatic carbocycles. The van der Waals surface area contributed by atoms with Crippen LogP contribution < -0.4 is 5.32 Å². The predicted molar refractivity (Wildman–Crippen MR) is 85.3 cm³/mol. The van der Waals surface area contributed by atoms with Crippen molar-refractivity contribution in [1.29, 1.82) is 0 Å². The molecule has 1 N–H and O–H groups in total. The summed E-state index contributed by atoms with van der Waals surface area (Å²) in [5.41, 5.74) is 2.04. The van der Waals surface area contributed by atoms with Crippen LogP contribution in [0.25, 0.3) is 16.2 Å². The Labute approximate surface area is 131 Å². The van der Waals surface area contributed by atoms with E-state index in [9.17, 15) is 0 Å². The molecule has 1 atom stereocenters. The Morgan fingerprint density at radius 1 is 1.27 bits per heavy atom. The van der Waals surface area contributed by atoms with Gasteiger partial charge in [0.25, 0.3) is 0 Å². The number of imidazole rings is 1. The Morgan fingerprint density at radius 2 is 2.18 bits per heavy atom. The van der Waals surface area contributed by atoms with Gasteiger partial charge in [-0.05, 0) is 0 Å². The second kappa shape index (κ2) is 6.04. The molecule has 2 aromatic heterocycles. The van der Waals surface area contributed by atoms with Gasteiger partial charge in [-0.2, -0.15) is 0 Å². The Hall–Kier alpha value is -1.96. The lowest BCUT2D eigenvalue weighted by molar-refractivity contribution is -0.0818. The summed E-state index contributed by atoms with van der Waals surface area (Å²) in [6.45, 7) is 2.67. The smallest absolute Gasteiger partial charge is 0.214 e. The van der Waals surface area contributed by atoms with E-state index in [2.05, 4.69) is 15.4 Å². The van der Waals surface area contributed by atoms with Gasteiger partial charge in [-0.25, -0.2) is 9.50 Å². The summed E-state index contributed by atoms with van der Waals surface area (Å²) in [7, 11) is 0. The van der Waals surface area contributed by atoms with Gasteiger partial charge in [0.05, 0.1) is 37.8 Å². The van der Waals surface area contributed by atoms with Gasteiger partial charge in [0, 0.05) is 12.1 Å². The van der Waals surface area contributed by atoms with Crippen LogP contribution in [0.4, 0.5) is 5.13 Å². The maximum atomic E-state index is 5.60. The molecular formula is C15H16N4O2S. The van der Waals surface area contributed by atoms with Crippen molar-refractivity contribution >= 4 is 21.4 Å². The summed E-state index contributed by atoms with van der Waals surface area (Å²) in [6.07, 6.45) is 2.04. The molecule has 3 heterocycles. The number of benzene rings is 1. The van der Waals surface area contributed by atoms with Crippen LogP contribution in [0.1, 0.15) is 0 Å². The van der Waals surface area contributed by atoms with Crippen LogP contribution in [0.3, 0.4) is 0 Å². The zero-order valence-electron chi connectivity index (χ0n) is 11.9. The fourth-order valence-electron chi connectivity index (χ4n) is 2.38. The molecular weight excluding hydrogens is 300 g/mol. The SMILES string of the molecule is c1ccc(-c2cn3nc(NCC4COCCO4)sc3n2)cc1. The lowest BCUT2D eigenvalue weighted by atomic mass is 10.2. The number of aromatic nitrogens is 3. The van der Waals surface area contributed by atoms with E-state index in [0.717, 1.165) is 21.3 Å². The van der Waals surface area contributed by atoms with Crippen LogP contribution in [-0.2, 0) is 9.47 Å². The van der Waals surface area contributed by atoms with Gasteiger partial charge >= 0.3 is 0 Å². The Balaban J connectivity index is 1.46. The number of fused-ring (bicyclic) bond motifs is 1. The van der Waals surface area contributed by atoms with Crippen LogP contribution in [0.5, 0.6) is 0 Å². The minimum Gasteiger partial charge on any atom is -0.376 e. The van der Waals surface area contributed by atoms with Gasteiger partial charge in [0.2, 0.25) is 10.1 Å². The molecule has 7 heteroatoms. The van der Waals surface area contributed by atoms with Crippen molar-refractivity contribution in [2.45, 2.75) is 6.10 Å². The lowest BCUT2D eigenvalue weighted by Gasteiger charge is -2.22. The summed E-state index contributed by atoms with van der Waals surface area (Å²) in [6, 6.07) is 10.1. The fourth-order valence-corrected chi connectivity index (χ4v) is 3.16. The van der Waals surface area contributed by atoms with Crippen molar-refractivity contribution in [3.05, 3.63) is 36.5 Å². The highest BCUT2D eigenvalue weighted by Gasteiger charge is 2.15. The number of nitrogens with zero attached hydrogens (tertiary/aromatic N) is 3. The second-order valence-corrected chi connectivity index (χ2v) is 6.03. The molecule has 1 aliphatic heterocycles. The summed E-state index contributed by atoms with van der Waals surface area (Å²) in [4.78, 5) is 5.50. The van der Waals surface area contributed by atoms with Gasteiger partial charge in [-0.1, -0.05) is 41.7 Å².